The molecule has 0 aromatic heterocycles. The summed E-state index contributed by atoms with van der Waals surface area (Å²) in [6.07, 6.45) is 4.16. The zero-order valence-electron chi connectivity index (χ0n) is 15.7. The first-order valence-corrected chi connectivity index (χ1v) is 9.19. The molecule has 28 heavy (non-hydrogen) atoms. The Balaban J connectivity index is 2.15. The molecule has 0 unspecified atom stereocenters. The van der Waals surface area contributed by atoms with Crippen LogP contribution in [0.25, 0.3) is 0 Å². The quantitative estimate of drug-likeness (QED) is 0.480. The zero-order chi connectivity index (χ0) is 20.5. The standard InChI is InChI=1S/C20H23N3O5/c1-2-3-9-17(11-10-15-7-5-4-6-8-15)21-20(24)16-12-18(22(25)26)14-19(13-16)23(27)28/h4-8,12-14,17H,2-3,9-11H2,1H3,(H,21,24)/t17-/m1/s1. The molecule has 2 aromatic rings. The molecule has 0 heterocycles. The van der Waals surface area contributed by atoms with E-state index in [-0.39, 0.29) is 11.6 Å². The van der Waals surface area contributed by atoms with Gasteiger partial charge in [-0.3, -0.25) is 25.0 Å². The number of benzene rings is 2. The summed E-state index contributed by atoms with van der Waals surface area (Å²) in [6.45, 7) is 2.06. The van der Waals surface area contributed by atoms with Crippen LogP contribution in [0.4, 0.5) is 11.4 Å². The first kappa shape index (κ1) is 21.0. The Bertz CT molecular complexity index is 807. The summed E-state index contributed by atoms with van der Waals surface area (Å²) >= 11 is 0. The molecule has 0 aliphatic carbocycles. The molecule has 0 bridgehead atoms. The number of unbranched alkanes of at least 4 members (excludes halogenated alkanes) is 1. The average molecular weight is 385 g/mol. The van der Waals surface area contributed by atoms with Crippen molar-refractivity contribution >= 4 is 17.3 Å². The van der Waals surface area contributed by atoms with E-state index in [1.54, 1.807) is 0 Å². The number of hydrogen-bond acceptors (Lipinski definition) is 5. The molecule has 1 N–H and O–H groups in total. The molecule has 0 saturated carbocycles. The van der Waals surface area contributed by atoms with Crippen molar-refractivity contribution in [2.45, 2.75) is 45.1 Å². The monoisotopic (exact) mass is 385 g/mol. The van der Waals surface area contributed by atoms with Gasteiger partial charge in [-0.15, -0.1) is 0 Å². The van der Waals surface area contributed by atoms with Crippen LogP contribution in [0.15, 0.2) is 48.5 Å². The molecule has 0 saturated heterocycles. The van der Waals surface area contributed by atoms with Crippen molar-refractivity contribution in [1.82, 2.24) is 5.32 Å². The van der Waals surface area contributed by atoms with Crippen molar-refractivity contribution in [2.24, 2.45) is 0 Å². The fourth-order valence-corrected chi connectivity index (χ4v) is 2.93. The molecule has 8 heteroatoms. The van der Waals surface area contributed by atoms with E-state index in [2.05, 4.69) is 12.2 Å². The maximum absolute atomic E-state index is 12.6. The van der Waals surface area contributed by atoms with Gasteiger partial charge >= 0.3 is 0 Å². The fraction of sp³-hybridized carbons (Fsp3) is 0.350. The second-order valence-electron chi connectivity index (χ2n) is 6.59. The van der Waals surface area contributed by atoms with E-state index in [4.69, 9.17) is 0 Å². The lowest BCUT2D eigenvalue weighted by atomic mass is 10.0. The van der Waals surface area contributed by atoms with Crippen molar-refractivity contribution in [1.29, 1.82) is 0 Å². The van der Waals surface area contributed by atoms with Gasteiger partial charge < -0.3 is 5.32 Å². The smallest absolute Gasteiger partial charge is 0.277 e. The van der Waals surface area contributed by atoms with Gasteiger partial charge in [-0.25, -0.2) is 0 Å². The third kappa shape index (κ3) is 6.15. The fourth-order valence-electron chi connectivity index (χ4n) is 2.93. The van der Waals surface area contributed by atoms with Gasteiger partial charge in [0, 0.05) is 18.2 Å². The first-order chi connectivity index (χ1) is 13.4. The second kappa shape index (κ2) is 10.1. The molecule has 0 radical (unpaired) electrons. The Kier molecular flexibility index (Phi) is 7.62. The minimum atomic E-state index is -0.742. The van der Waals surface area contributed by atoms with Crippen LogP contribution in [-0.2, 0) is 6.42 Å². The number of carbonyl (C=O) groups excluding carboxylic acids is 1. The van der Waals surface area contributed by atoms with Crippen molar-refractivity contribution in [3.05, 3.63) is 79.9 Å². The van der Waals surface area contributed by atoms with Crippen LogP contribution >= 0.6 is 0 Å². The molecule has 0 aliphatic heterocycles. The number of nitrogens with zero attached hydrogens (tertiary/aromatic N) is 2. The maximum atomic E-state index is 12.6. The number of nitro benzene ring substituents is 2. The van der Waals surface area contributed by atoms with Crippen LogP contribution in [0, 0.1) is 20.2 Å². The van der Waals surface area contributed by atoms with Gasteiger partial charge in [-0.05, 0) is 24.8 Å². The molecule has 2 rings (SSSR count). The van der Waals surface area contributed by atoms with Gasteiger partial charge in [0.05, 0.1) is 21.5 Å². The molecule has 0 spiro atoms. The number of hydrogen-bond donors (Lipinski definition) is 1. The van der Waals surface area contributed by atoms with Gasteiger partial charge in [-0.2, -0.15) is 0 Å². The van der Waals surface area contributed by atoms with Gasteiger partial charge in [-0.1, -0.05) is 50.1 Å². The number of amides is 1. The van der Waals surface area contributed by atoms with Gasteiger partial charge in [0.25, 0.3) is 17.3 Å². The number of carbonyl (C=O) groups is 1. The molecule has 0 fully saturated rings. The highest BCUT2D eigenvalue weighted by Gasteiger charge is 2.21. The predicted molar refractivity (Wildman–Crippen MR) is 105 cm³/mol. The summed E-state index contributed by atoms with van der Waals surface area (Å²) in [6, 6.07) is 12.7. The largest absolute Gasteiger partial charge is 0.349 e. The van der Waals surface area contributed by atoms with Crippen molar-refractivity contribution in [2.75, 3.05) is 0 Å². The number of nitrogens with one attached hydrogen (secondary N) is 1. The van der Waals surface area contributed by atoms with Crippen molar-refractivity contribution in [3.63, 3.8) is 0 Å². The van der Waals surface area contributed by atoms with E-state index >= 15 is 0 Å². The van der Waals surface area contributed by atoms with E-state index in [0.717, 1.165) is 49.4 Å². The molecule has 1 atom stereocenters. The van der Waals surface area contributed by atoms with E-state index in [1.807, 2.05) is 30.3 Å². The Labute approximate surface area is 162 Å². The van der Waals surface area contributed by atoms with Crippen LogP contribution in [0.3, 0.4) is 0 Å². The maximum Gasteiger partial charge on any atom is 0.277 e. The second-order valence-corrected chi connectivity index (χ2v) is 6.59. The van der Waals surface area contributed by atoms with Crippen molar-refractivity contribution in [3.8, 4) is 0 Å². The van der Waals surface area contributed by atoms with E-state index in [0.29, 0.717) is 6.42 Å². The lowest BCUT2D eigenvalue weighted by Crippen LogP contribution is -2.35. The Morgan fingerprint density at radius 2 is 1.61 bits per heavy atom. The highest BCUT2D eigenvalue weighted by Crippen LogP contribution is 2.23. The van der Waals surface area contributed by atoms with Gasteiger partial charge in [0.1, 0.15) is 0 Å². The summed E-state index contributed by atoms with van der Waals surface area (Å²) in [5.74, 6) is -0.541. The van der Waals surface area contributed by atoms with E-state index < -0.39 is 27.1 Å². The van der Waals surface area contributed by atoms with Crippen LogP contribution < -0.4 is 5.32 Å². The molecular formula is C20H23N3O5. The number of aryl methyl sites for hydroxylation is 1. The summed E-state index contributed by atoms with van der Waals surface area (Å²) < 4.78 is 0. The summed E-state index contributed by atoms with van der Waals surface area (Å²) in [7, 11) is 0. The molecule has 2 aromatic carbocycles. The highest BCUT2D eigenvalue weighted by molar-refractivity contribution is 5.95. The summed E-state index contributed by atoms with van der Waals surface area (Å²) in [5, 5.41) is 24.9. The molecule has 0 aliphatic rings. The minimum absolute atomic E-state index is 0.0814. The van der Waals surface area contributed by atoms with Crippen LogP contribution in [0.5, 0.6) is 0 Å². The number of nitro groups is 2. The average Bonchev–Trinajstić information content (AvgIpc) is 2.70. The van der Waals surface area contributed by atoms with E-state index in [1.165, 1.54) is 0 Å². The topological polar surface area (TPSA) is 115 Å². The third-order valence-electron chi connectivity index (χ3n) is 4.45. The van der Waals surface area contributed by atoms with Crippen molar-refractivity contribution < 1.29 is 14.6 Å². The van der Waals surface area contributed by atoms with Gasteiger partial charge in [0.15, 0.2) is 0 Å². The number of non-ortho nitro benzene ring substituents is 2. The normalized spacial score (nSPS) is 11.6. The zero-order valence-corrected chi connectivity index (χ0v) is 15.7. The van der Waals surface area contributed by atoms with Crippen LogP contribution in [0.2, 0.25) is 0 Å². The Hall–Kier alpha value is -3.29. The van der Waals surface area contributed by atoms with Crippen LogP contribution in [0.1, 0.15) is 48.5 Å². The van der Waals surface area contributed by atoms with E-state index in [9.17, 15) is 25.0 Å². The third-order valence-corrected chi connectivity index (χ3v) is 4.45. The molecular weight excluding hydrogens is 362 g/mol. The predicted octanol–water partition coefficient (Wildman–Crippen LogP) is 4.42. The minimum Gasteiger partial charge on any atom is -0.349 e. The van der Waals surface area contributed by atoms with Gasteiger partial charge in [0.2, 0.25) is 0 Å². The summed E-state index contributed by atoms with van der Waals surface area (Å²) in [4.78, 5) is 33.2. The Morgan fingerprint density at radius 1 is 1.00 bits per heavy atom. The molecule has 148 valence electrons. The molecule has 1 amide bonds. The lowest BCUT2D eigenvalue weighted by molar-refractivity contribution is -0.394. The summed E-state index contributed by atoms with van der Waals surface area (Å²) in [5.41, 5.74) is 0.119. The SMILES string of the molecule is CCCC[C@H](CCc1ccccc1)NC(=O)c1cc([N+](=O)[O-])cc([N+](=O)[O-])c1. The molecule has 8 nitrogen and oxygen atoms in total. The Morgan fingerprint density at radius 3 is 2.14 bits per heavy atom. The lowest BCUT2D eigenvalue weighted by Gasteiger charge is -2.19. The highest BCUT2D eigenvalue weighted by atomic mass is 16.6. The number of rotatable bonds is 10. The first-order valence-electron chi connectivity index (χ1n) is 9.19. The van der Waals surface area contributed by atoms with Crippen LogP contribution in [-0.4, -0.2) is 21.8 Å².